The van der Waals surface area contributed by atoms with Crippen LogP contribution in [-0.4, -0.2) is 42.8 Å². The van der Waals surface area contributed by atoms with E-state index < -0.39 is 22.0 Å². The number of hydrogen-bond acceptors (Lipinski definition) is 7. The Hall–Kier alpha value is -1.67. The molecule has 208 valence electrons. The monoisotopic (exact) mass is 608 g/mol. The minimum absolute atomic E-state index is 0. The predicted octanol–water partition coefficient (Wildman–Crippen LogP) is 0.818. The number of aromatic nitrogens is 2. The van der Waals surface area contributed by atoms with Crippen molar-refractivity contribution in [1.29, 1.82) is 0 Å². The molecule has 1 fully saturated rings. The van der Waals surface area contributed by atoms with Gasteiger partial charge in [-0.3, -0.25) is 0 Å². The fraction of sp³-hybridized carbons (Fsp3) is 0.393. The van der Waals surface area contributed by atoms with E-state index in [0.717, 1.165) is 31.2 Å². The van der Waals surface area contributed by atoms with Gasteiger partial charge in [0.25, 0.3) is 10.0 Å². The summed E-state index contributed by atoms with van der Waals surface area (Å²) < 4.78 is 30.1. The molecule has 0 bridgehead atoms. The molecular formula is C28H33KN4O5S2. The number of carboxylic acids is 1. The van der Waals surface area contributed by atoms with Crippen LogP contribution in [-0.2, 0) is 23.0 Å². The van der Waals surface area contributed by atoms with Crippen molar-refractivity contribution in [3.05, 3.63) is 65.6 Å². The van der Waals surface area contributed by atoms with Gasteiger partial charge in [-0.2, -0.15) is 0 Å². The maximum atomic E-state index is 13.2. The summed E-state index contributed by atoms with van der Waals surface area (Å²) in [6.45, 7) is 2.65. The Kier molecular flexibility index (Phi) is 12.3. The van der Waals surface area contributed by atoms with Crippen molar-refractivity contribution in [2.75, 3.05) is 12.8 Å². The average molecular weight is 609 g/mol. The quantitative estimate of drug-likeness (QED) is 0.257. The molecule has 0 atom stereocenters. The normalized spacial score (nSPS) is 13.8. The van der Waals surface area contributed by atoms with Gasteiger partial charge in [0.1, 0.15) is 10.9 Å². The Morgan fingerprint density at radius 3 is 2.38 bits per heavy atom. The third-order valence-corrected chi connectivity index (χ3v) is 9.06. The molecule has 1 heterocycles. The third kappa shape index (κ3) is 7.99. The molecular weight excluding hydrogens is 576 g/mol. The van der Waals surface area contributed by atoms with E-state index in [0.29, 0.717) is 40.9 Å². The minimum atomic E-state index is -4.12. The molecule has 1 aliphatic rings. The molecule has 0 radical (unpaired) electrons. The van der Waals surface area contributed by atoms with Crippen molar-refractivity contribution in [3.8, 4) is 11.1 Å². The molecule has 2 amide bonds. The van der Waals surface area contributed by atoms with Crippen molar-refractivity contribution < 1.29 is 74.5 Å². The van der Waals surface area contributed by atoms with Crippen LogP contribution in [0.25, 0.3) is 11.1 Å². The van der Waals surface area contributed by atoms with Gasteiger partial charge in [-0.15, -0.1) is 11.8 Å². The average Bonchev–Trinajstić information content (AvgIpc) is 3.30. The number of urea groups is 1. The number of imidazole rings is 1. The van der Waals surface area contributed by atoms with Crippen LogP contribution in [0, 0.1) is 5.92 Å². The van der Waals surface area contributed by atoms with E-state index >= 15 is 0 Å². The van der Waals surface area contributed by atoms with Gasteiger partial charge in [-0.25, -0.2) is 22.9 Å². The third-order valence-electron chi connectivity index (χ3n) is 7.00. The number of nitrogens with one attached hydrogen (secondary N) is 2. The topological polar surface area (TPSA) is 133 Å². The van der Waals surface area contributed by atoms with Crippen LogP contribution < -0.4 is 66.5 Å². The largest absolute Gasteiger partial charge is 1.00 e. The first-order chi connectivity index (χ1) is 18.7. The molecule has 1 aromatic heterocycles. The fourth-order valence-electron chi connectivity index (χ4n) is 5.01. The van der Waals surface area contributed by atoms with Gasteiger partial charge in [-0.05, 0) is 42.2 Å². The number of aryl methyl sites for hydroxylation is 1. The summed E-state index contributed by atoms with van der Waals surface area (Å²) in [5, 5.41) is 14.9. The Morgan fingerprint density at radius 2 is 1.75 bits per heavy atom. The predicted molar refractivity (Wildman–Crippen MR) is 149 cm³/mol. The molecule has 4 rings (SSSR count). The van der Waals surface area contributed by atoms with Crippen molar-refractivity contribution in [2.24, 2.45) is 5.92 Å². The van der Waals surface area contributed by atoms with Crippen LogP contribution in [0.15, 0.2) is 58.5 Å². The van der Waals surface area contributed by atoms with Gasteiger partial charge in [0.2, 0.25) is 0 Å². The van der Waals surface area contributed by atoms with E-state index in [2.05, 4.69) is 15.0 Å². The molecule has 0 unspecified atom stereocenters. The molecule has 0 saturated heterocycles. The number of carbonyl (C=O) groups excluding carboxylic acids is 2. The van der Waals surface area contributed by atoms with Crippen LogP contribution in [0.5, 0.6) is 0 Å². The van der Waals surface area contributed by atoms with Crippen LogP contribution >= 0.6 is 11.8 Å². The Labute approximate surface area is 282 Å². The summed E-state index contributed by atoms with van der Waals surface area (Å²) in [4.78, 5) is 28.7. The van der Waals surface area contributed by atoms with Crippen LogP contribution in [0.2, 0.25) is 0 Å². The number of hydrogen-bond donors (Lipinski definition) is 2. The van der Waals surface area contributed by atoms with Crippen LogP contribution in [0.1, 0.15) is 60.9 Å². The zero-order valence-corrected chi connectivity index (χ0v) is 27.9. The maximum Gasteiger partial charge on any atom is 1.00 e. The first-order valence-electron chi connectivity index (χ1n) is 13.1. The molecule has 9 nitrogen and oxygen atoms in total. The second-order valence-corrected chi connectivity index (χ2v) is 12.1. The van der Waals surface area contributed by atoms with Crippen molar-refractivity contribution in [2.45, 2.75) is 61.9 Å². The number of carbonyl (C=O) groups is 2. The Morgan fingerprint density at radius 1 is 1.07 bits per heavy atom. The van der Waals surface area contributed by atoms with E-state index in [1.54, 1.807) is 41.2 Å². The zero-order valence-electron chi connectivity index (χ0n) is 23.1. The van der Waals surface area contributed by atoms with Gasteiger partial charge in [-0.1, -0.05) is 68.7 Å². The number of benzene rings is 2. The van der Waals surface area contributed by atoms with Gasteiger partial charge in [0.15, 0.2) is 0 Å². The molecule has 2 N–H and O–H groups in total. The molecule has 1 aliphatic carbocycles. The van der Waals surface area contributed by atoms with Gasteiger partial charge in [0.05, 0.1) is 16.6 Å². The second-order valence-electron chi connectivity index (χ2n) is 9.63. The summed E-state index contributed by atoms with van der Waals surface area (Å²) in [5.41, 5.74) is 1.97. The smallest absolute Gasteiger partial charge is 0.543 e. The van der Waals surface area contributed by atoms with E-state index in [1.807, 2.05) is 19.1 Å². The van der Waals surface area contributed by atoms with E-state index in [-0.39, 0.29) is 68.5 Å². The van der Waals surface area contributed by atoms with Gasteiger partial charge >= 0.3 is 57.4 Å². The van der Waals surface area contributed by atoms with Gasteiger partial charge < -0.3 is 19.8 Å². The molecule has 2 aromatic carbocycles. The van der Waals surface area contributed by atoms with Crippen LogP contribution in [0.3, 0.4) is 0 Å². The van der Waals surface area contributed by atoms with E-state index in [1.165, 1.54) is 24.2 Å². The van der Waals surface area contributed by atoms with Crippen molar-refractivity contribution in [3.63, 3.8) is 0 Å². The molecule has 12 heteroatoms. The number of thioether (sulfide) groups is 1. The first kappa shape index (κ1) is 32.8. The Bertz CT molecular complexity index is 1440. The number of amides is 2. The molecule has 3 aromatic rings. The molecule has 0 aliphatic heterocycles. The van der Waals surface area contributed by atoms with E-state index in [4.69, 9.17) is 0 Å². The number of carboxylic acid groups (broad SMARTS) is 1. The second kappa shape index (κ2) is 15.0. The number of rotatable bonds is 10. The standard InChI is InChI=1S/C28H34N4O5S2.K/c1-3-24-30-26(38-2)25(27(33)34)32(24)18-20-13-15-21(16-14-20)22-11-7-8-12-23(22)39(36,37)31-28(35)29-17-19-9-5-4-6-10-19;/h7-8,11-16,19H,3-6,9-10,17-18H2,1-2H3,(H,33,34)(H2,29,31,35);/q;+1/p-1. The summed E-state index contributed by atoms with van der Waals surface area (Å²) in [6, 6.07) is 13.0. The van der Waals surface area contributed by atoms with E-state index in [9.17, 15) is 23.1 Å². The number of sulfonamides is 1. The molecule has 40 heavy (non-hydrogen) atoms. The summed E-state index contributed by atoms with van der Waals surface area (Å²) >= 11 is 1.26. The number of nitrogens with zero attached hydrogens (tertiary/aromatic N) is 2. The fourth-order valence-corrected chi connectivity index (χ4v) is 6.75. The minimum Gasteiger partial charge on any atom is -0.543 e. The molecule has 1 saturated carbocycles. The Balaban J connectivity index is 0.00000441. The van der Waals surface area contributed by atoms with Crippen LogP contribution in [0.4, 0.5) is 4.79 Å². The summed E-state index contributed by atoms with van der Waals surface area (Å²) in [5.74, 6) is -0.256. The number of aromatic carboxylic acids is 1. The van der Waals surface area contributed by atoms with Crippen molar-refractivity contribution in [1.82, 2.24) is 19.6 Å². The summed E-state index contributed by atoms with van der Waals surface area (Å²) in [7, 11) is -4.12. The SMILES string of the molecule is CCc1nc(SC)c(C(=O)[O-])n1Cc1ccc(-c2ccccc2S(=O)(=O)NC(=O)NCC2CCCCC2)cc1.[K+]. The maximum absolute atomic E-state index is 13.2. The summed E-state index contributed by atoms with van der Waals surface area (Å²) in [6.07, 6.45) is 7.89. The van der Waals surface area contributed by atoms with Crippen molar-refractivity contribution >= 4 is 33.8 Å². The van der Waals surface area contributed by atoms with Gasteiger partial charge in [0, 0.05) is 25.1 Å². The first-order valence-corrected chi connectivity index (χ1v) is 15.8. The molecule has 0 spiro atoms. The zero-order chi connectivity index (χ0) is 28.0.